The van der Waals surface area contributed by atoms with E-state index in [9.17, 15) is 17.6 Å². The van der Waals surface area contributed by atoms with E-state index in [2.05, 4.69) is 11.8 Å². The first-order chi connectivity index (χ1) is 9.42. The molecule has 0 saturated carbocycles. The molecule has 6 heteroatoms. The lowest BCUT2D eigenvalue weighted by Crippen LogP contribution is -2.11. The SMILES string of the molecule is OCCC#Cc1cc(F)ccc1COCCC(F)(F)F. The van der Waals surface area contributed by atoms with Crippen molar-refractivity contribution in [3.05, 3.63) is 35.1 Å². The van der Waals surface area contributed by atoms with Crippen LogP contribution in [0.4, 0.5) is 17.6 Å². The maximum absolute atomic E-state index is 13.1. The Balaban J connectivity index is 2.63. The fourth-order valence-corrected chi connectivity index (χ4v) is 1.37. The van der Waals surface area contributed by atoms with Crippen LogP contribution in [0.3, 0.4) is 0 Å². The molecule has 110 valence electrons. The highest BCUT2D eigenvalue weighted by Gasteiger charge is 2.26. The Morgan fingerprint density at radius 2 is 2.00 bits per heavy atom. The molecule has 0 aliphatic rings. The molecule has 0 heterocycles. The van der Waals surface area contributed by atoms with Gasteiger partial charge in [0.25, 0.3) is 0 Å². The number of hydrogen-bond donors (Lipinski definition) is 1. The van der Waals surface area contributed by atoms with E-state index in [-0.39, 0.29) is 19.6 Å². The van der Waals surface area contributed by atoms with Gasteiger partial charge >= 0.3 is 6.18 Å². The van der Waals surface area contributed by atoms with Crippen LogP contribution in [-0.4, -0.2) is 24.5 Å². The molecule has 2 nitrogen and oxygen atoms in total. The third-order valence-corrected chi connectivity index (χ3v) is 2.32. The number of aliphatic hydroxyl groups excluding tert-OH is 1. The van der Waals surface area contributed by atoms with Crippen molar-refractivity contribution < 1.29 is 27.4 Å². The van der Waals surface area contributed by atoms with E-state index < -0.39 is 25.0 Å². The Kier molecular flexibility index (Phi) is 6.49. The van der Waals surface area contributed by atoms with E-state index in [4.69, 9.17) is 9.84 Å². The Hall–Kier alpha value is -1.58. The predicted octanol–water partition coefficient (Wildman–Crippen LogP) is 3.03. The third kappa shape index (κ3) is 6.55. The van der Waals surface area contributed by atoms with Gasteiger partial charge in [-0.2, -0.15) is 13.2 Å². The van der Waals surface area contributed by atoms with Gasteiger partial charge in [-0.1, -0.05) is 17.9 Å². The maximum atomic E-state index is 13.1. The highest BCUT2D eigenvalue weighted by atomic mass is 19.4. The minimum Gasteiger partial charge on any atom is -0.395 e. The van der Waals surface area contributed by atoms with Gasteiger partial charge in [-0.3, -0.25) is 0 Å². The molecule has 0 atom stereocenters. The van der Waals surface area contributed by atoms with Gasteiger partial charge in [0.15, 0.2) is 0 Å². The lowest BCUT2D eigenvalue weighted by atomic mass is 10.1. The van der Waals surface area contributed by atoms with Gasteiger partial charge in [-0.15, -0.1) is 0 Å². The monoisotopic (exact) mass is 290 g/mol. The normalized spacial score (nSPS) is 11.1. The van der Waals surface area contributed by atoms with Crippen molar-refractivity contribution in [2.45, 2.75) is 25.6 Å². The van der Waals surface area contributed by atoms with Crippen molar-refractivity contribution in [2.24, 2.45) is 0 Å². The standard InChI is InChI=1S/C14H14F4O2/c15-13-5-4-12(10-20-8-6-14(16,17)18)11(9-13)3-1-2-7-19/h4-5,9,19H,2,6-8,10H2. The molecule has 0 bridgehead atoms. The van der Waals surface area contributed by atoms with Crippen molar-refractivity contribution in [3.8, 4) is 11.8 Å². The summed E-state index contributed by atoms with van der Waals surface area (Å²) in [7, 11) is 0. The van der Waals surface area contributed by atoms with Gasteiger partial charge in [-0.05, 0) is 17.7 Å². The minimum absolute atomic E-state index is 0.0699. The van der Waals surface area contributed by atoms with Gasteiger partial charge in [0.2, 0.25) is 0 Å². The summed E-state index contributed by atoms with van der Waals surface area (Å²) in [6.45, 7) is -0.635. The third-order valence-electron chi connectivity index (χ3n) is 2.32. The fraction of sp³-hybridized carbons (Fsp3) is 0.429. The quantitative estimate of drug-likeness (QED) is 0.513. The molecule has 0 aliphatic heterocycles. The van der Waals surface area contributed by atoms with Gasteiger partial charge in [0.1, 0.15) is 5.82 Å². The molecular weight excluding hydrogens is 276 g/mol. The highest BCUT2D eigenvalue weighted by Crippen LogP contribution is 2.19. The zero-order valence-electron chi connectivity index (χ0n) is 10.6. The number of halogens is 4. The summed E-state index contributed by atoms with van der Waals surface area (Å²) in [5.41, 5.74) is 0.865. The Labute approximate surface area is 114 Å². The largest absolute Gasteiger partial charge is 0.395 e. The number of benzene rings is 1. The molecule has 1 aromatic carbocycles. The van der Waals surface area contributed by atoms with E-state index in [0.717, 1.165) is 0 Å². The van der Waals surface area contributed by atoms with Crippen LogP contribution in [0.1, 0.15) is 24.0 Å². The first-order valence-electron chi connectivity index (χ1n) is 5.95. The lowest BCUT2D eigenvalue weighted by Gasteiger charge is -2.08. The predicted molar refractivity (Wildman–Crippen MR) is 65.3 cm³/mol. The van der Waals surface area contributed by atoms with Crippen LogP contribution < -0.4 is 0 Å². The van der Waals surface area contributed by atoms with Crippen molar-refractivity contribution in [2.75, 3.05) is 13.2 Å². The van der Waals surface area contributed by atoms with E-state index in [1.54, 1.807) is 0 Å². The molecule has 0 fully saturated rings. The van der Waals surface area contributed by atoms with E-state index in [1.165, 1.54) is 18.2 Å². The molecule has 0 radical (unpaired) electrons. The van der Waals surface area contributed by atoms with E-state index >= 15 is 0 Å². The zero-order valence-corrected chi connectivity index (χ0v) is 10.6. The highest BCUT2D eigenvalue weighted by molar-refractivity contribution is 5.41. The van der Waals surface area contributed by atoms with Gasteiger partial charge in [0.05, 0.1) is 26.2 Å². The Morgan fingerprint density at radius 3 is 2.65 bits per heavy atom. The maximum Gasteiger partial charge on any atom is 0.391 e. The summed E-state index contributed by atoms with van der Waals surface area (Å²) >= 11 is 0. The van der Waals surface area contributed by atoms with Gasteiger partial charge in [0, 0.05) is 12.0 Å². The first-order valence-corrected chi connectivity index (χ1v) is 5.95. The molecule has 1 N–H and O–H groups in total. The summed E-state index contributed by atoms with van der Waals surface area (Å²) < 4.78 is 53.8. The molecule has 0 aromatic heterocycles. The fourth-order valence-electron chi connectivity index (χ4n) is 1.37. The van der Waals surface area contributed by atoms with Gasteiger partial charge in [-0.25, -0.2) is 4.39 Å². The van der Waals surface area contributed by atoms with Crippen LogP contribution >= 0.6 is 0 Å². The number of alkyl halides is 3. The van der Waals surface area contributed by atoms with Crippen molar-refractivity contribution in [3.63, 3.8) is 0 Å². The molecule has 1 aromatic rings. The lowest BCUT2D eigenvalue weighted by molar-refractivity contribution is -0.146. The summed E-state index contributed by atoms with van der Waals surface area (Å²) in [4.78, 5) is 0. The minimum atomic E-state index is -4.26. The van der Waals surface area contributed by atoms with E-state index in [1.807, 2.05) is 0 Å². The average Bonchev–Trinajstić information content (AvgIpc) is 2.36. The van der Waals surface area contributed by atoms with Gasteiger partial charge < -0.3 is 9.84 Å². The molecule has 0 saturated heterocycles. The number of rotatable bonds is 5. The topological polar surface area (TPSA) is 29.5 Å². The van der Waals surface area contributed by atoms with E-state index in [0.29, 0.717) is 11.1 Å². The second-order valence-corrected chi connectivity index (χ2v) is 3.99. The smallest absolute Gasteiger partial charge is 0.391 e. The van der Waals surface area contributed by atoms with Crippen molar-refractivity contribution in [1.82, 2.24) is 0 Å². The molecule has 0 aliphatic carbocycles. The van der Waals surface area contributed by atoms with Crippen molar-refractivity contribution in [1.29, 1.82) is 0 Å². The summed E-state index contributed by atoms with van der Waals surface area (Å²) in [5.74, 6) is 4.80. The average molecular weight is 290 g/mol. The molecular formula is C14H14F4O2. The van der Waals surface area contributed by atoms with Crippen LogP contribution in [0.5, 0.6) is 0 Å². The molecule has 0 spiro atoms. The zero-order chi connectivity index (χ0) is 15.0. The van der Waals surface area contributed by atoms with Crippen LogP contribution in [0.25, 0.3) is 0 Å². The number of aliphatic hydroxyl groups is 1. The Morgan fingerprint density at radius 1 is 1.25 bits per heavy atom. The van der Waals surface area contributed by atoms with Crippen LogP contribution in [0.15, 0.2) is 18.2 Å². The van der Waals surface area contributed by atoms with Crippen LogP contribution in [0.2, 0.25) is 0 Å². The Bertz CT molecular complexity index is 486. The molecule has 20 heavy (non-hydrogen) atoms. The number of ether oxygens (including phenoxy) is 1. The summed E-state index contributed by atoms with van der Waals surface area (Å²) in [5, 5.41) is 8.61. The summed E-state index contributed by atoms with van der Waals surface area (Å²) in [6, 6.07) is 3.80. The molecule has 0 amide bonds. The van der Waals surface area contributed by atoms with Crippen LogP contribution in [-0.2, 0) is 11.3 Å². The van der Waals surface area contributed by atoms with Crippen LogP contribution in [0, 0.1) is 17.7 Å². The second kappa shape index (κ2) is 7.88. The summed E-state index contributed by atoms with van der Waals surface area (Å²) in [6.07, 6.45) is -5.04. The molecule has 1 rings (SSSR count). The first kappa shape index (κ1) is 16.5. The number of hydrogen-bond acceptors (Lipinski definition) is 2. The van der Waals surface area contributed by atoms with Crippen molar-refractivity contribution >= 4 is 0 Å². The molecule has 0 unspecified atom stereocenters. The second-order valence-electron chi connectivity index (χ2n) is 3.99.